The van der Waals surface area contributed by atoms with Crippen LogP contribution >= 0.6 is 0 Å². The van der Waals surface area contributed by atoms with E-state index in [4.69, 9.17) is 9.15 Å². The smallest absolute Gasteiger partial charge is 0.344 e. The molecule has 0 N–H and O–H groups in total. The average Bonchev–Trinajstić information content (AvgIpc) is 2.74. The lowest BCUT2D eigenvalue weighted by molar-refractivity contribution is 0.287. The molecule has 1 aliphatic rings. The van der Waals surface area contributed by atoms with Crippen LogP contribution in [0.3, 0.4) is 0 Å². The molecule has 1 aromatic heterocycles. The summed E-state index contributed by atoms with van der Waals surface area (Å²) in [6.45, 7) is 9.84. The lowest BCUT2D eigenvalue weighted by Crippen LogP contribution is -2.32. The van der Waals surface area contributed by atoms with Crippen LogP contribution in [0.1, 0.15) is 37.5 Å². The van der Waals surface area contributed by atoms with Crippen LogP contribution in [0.25, 0.3) is 21.7 Å². The summed E-state index contributed by atoms with van der Waals surface area (Å²) in [5.74, 6) is 0.823. The fraction of sp³-hybridized carbons (Fsp3) is 0.269. The molecule has 4 heteroatoms. The summed E-state index contributed by atoms with van der Waals surface area (Å²) >= 11 is 0. The van der Waals surface area contributed by atoms with Gasteiger partial charge in [-0.15, -0.1) is 0 Å². The largest absolute Gasteiger partial charge is 0.472 e. The maximum Gasteiger partial charge on any atom is 0.344 e. The third-order valence-electron chi connectivity index (χ3n) is 5.99. The van der Waals surface area contributed by atoms with Gasteiger partial charge in [0.05, 0.1) is 5.39 Å². The summed E-state index contributed by atoms with van der Waals surface area (Å²) < 4.78 is 11.8. The van der Waals surface area contributed by atoms with E-state index >= 15 is 0 Å². The van der Waals surface area contributed by atoms with Crippen LogP contribution in [0, 0.1) is 6.92 Å². The Morgan fingerprint density at radius 1 is 0.933 bits per heavy atom. The Kier molecular flexibility index (Phi) is 4.14. The number of hydrogen-bond acceptors (Lipinski definition) is 4. The molecule has 0 aliphatic carbocycles. The van der Waals surface area contributed by atoms with Crippen LogP contribution in [0.4, 0.5) is 5.69 Å². The molecule has 0 atom stereocenters. The number of fused-ring (bicyclic) bond motifs is 4. The fourth-order valence-electron chi connectivity index (χ4n) is 4.28. The van der Waals surface area contributed by atoms with Gasteiger partial charge in [-0.3, -0.25) is 0 Å². The minimum absolute atomic E-state index is 0.129. The Bertz CT molecular complexity index is 1330. The van der Waals surface area contributed by atoms with Crippen molar-refractivity contribution in [3.63, 3.8) is 0 Å². The first kappa shape index (κ1) is 18.7. The Morgan fingerprint density at radius 3 is 2.33 bits per heavy atom. The molecule has 3 aromatic carbocycles. The zero-order valence-corrected chi connectivity index (χ0v) is 17.8. The summed E-state index contributed by atoms with van der Waals surface area (Å²) in [4.78, 5) is 14.7. The summed E-state index contributed by atoms with van der Waals surface area (Å²) in [5.41, 5.74) is 4.87. The quantitative estimate of drug-likeness (QED) is 0.295. The maximum absolute atomic E-state index is 12.4. The van der Waals surface area contributed by atoms with E-state index in [2.05, 4.69) is 56.0 Å². The molecule has 1 aliphatic heterocycles. The van der Waals surface area contributed by atoms with Gasteiger partial charge in [0.1, 0.15) is 11.3 Å². The number of anilines is 1. The normalized spacial score (nSPS) is 14.1. The van der Waals surface area contributed by atoms with Crippen molar-refractivity contribution in [3.8, 4) is 5.75 Å². The lowest BCUT2D eigenvalue weighted by atomic mass is 9.87. The van der Waals surface area contributed by atoms with Gasteiger partial charge >= 0.3 is 5.63 Å². The topological polar surface area (TPSA) is 42.7 Å². The fourth-order valence-corrected chi connectivity index (χ4v) is 4.28. The van der Waals surface area contributed by atoms with E-state index in [9.17, 15) is 4.79 Å². The molecule has 30 heavy (non-hydrogen) atoms. The zero-order valence-electron chi connectivity index (χ0n) is 17.8. The number of rotatable bonds is 1. The Labute approximate surface area is 175 Å². The molecule has 2 heterocycles. The second-order valence-corrected chi connectivity index (χ2v) is 9.07. The molecule has 0 amide bonds. The van der Waals surface area contributed by atoms with Crippen LogP contribution in [0.15, 0.2) is 63.8 Å². The number of aryl methyl sites for hydroxylation is 1. The van der Waals surface area contributed by atoms with E-state index in [1.54, 1.807) is 0 Å². The van der Waals surface area contributed by atoms with Crippen molar-refractivity contribution < 1.29 is 9.15 Å². The van der Waals surface area contributed by atoms with E-state index in [1.807, 2.05) is 31.2 Å². The van der Waals surface area contributed by atoms with Crippen molar-refractivity contribution in [1.82, 2.24) is 0 Å². The minimum atomic E-state index is -0.308. The second kappa shape index (κ2) is 6.63. The summed E-state index contributed by atoms with van der Waals surface area (Å²) in [5, 5.41) is 2.48. The van der Waals surface area contributed by atoms with E-state index in [1.165, 1.54) is 5.56 Å². The van der Waals surface area contributed by atoms with Gasteiger partial charge in [0.15, 0.2) is 6.73 Å². The number of benzene rings is 3. The van der Waals surface area contributed by atoms with Gasteiger partial charge in [-0.05, 0) is 47.6 Å². The molecular weight excluding hydrogens is 374 g/mol. The van der Waals surface area contributed by atoms with Crippen molar-refractivity contribution in [2.45, 2.75) is 39.7 Å². The van der Waals surface area contributed by atoms with Crippen molar-refractivity contribution >= 4 is 27.4 Å². The molecular formula is C26H25NO3. The SMILES string of the molecule is Cc1c2c(cc3c1oc(=O)c1ccccc13)CN(c1ccc(C(C)(C)C)cc1)CO2. The summed E-state index contributed by atoms with van der Waals surface area (Å²) in [6.07, 6.45) is 0. The van der Waals surface area contributed by atoms with Crippen LogP contribution in [0.5, 0.6) is 5.75 Å². The molecule has 4 aromatic rings. The van der Waals surface area contributed by atoms with Gasteiger partial charge in [0.25, 0.3) is 0 Å². The number of ether oxygens (including phenoxy) is 1. The zero-order chi connectivity index (χ0) is 21.0. The molecule has 152 valence electrons. The van der Waals surface area contributed by atoms with Gasteiger partial charge in [-0.25, -0.2) is 4.79 Å². The molecule has 0 saturated heterocycles. The van der Waals surface area contributed by atoms with E-state index in [0.717, 1.165) is 39.9 Å². The highest BCUT2D eigenvalue weighted by atomic mass is 16.5. The monoisotopic (exact) mass is 399 g/mol. The summed E-state index contributed by atoms with van der Waals surface area (Å²) in [6, 6.07) is 18.4. The van der Waals surface area contributed by atoms with E-state index in [-0.39, 0.29) is 11.0 Å². The van der Waals surface area contributed by atoms with Crippen molar-refractivity contribution in [3.05, 3.63) is 81.7 Å². The number of nitrogens with zero attached hydrogens (tertiary/aromatic N) is 1. The third kappa shape index (κ3) is 2.95. The highest BCUT2D eigenvalue weighted by Gasteiger charge is 2.24. The minimum Gasteiger partial charge on any atom is -0.472 e. The molecule has 0 spiro atoms. The highest BCUT2D eigenvalue weighted by molar-refractivity contribution is 6.06. The number of hydrogen-bond donors (Lipinski definition) is 0. The maximum atomic E-state index is 12.4. The Morgan fingerprint density at radius 2 is 1.63 bits per heavy atom. The highest BCUT2D eigenvalue weighted by Crippen LogP contribution is 2.38. The predicted octanol–water partition coefficient (Wildman–Crippen LogP) is 5.91. The Hall–Kier alpha value is -3.27. The molecule has 0 bridgehead atoms. The standard InChI is InChI=1S/C26H25NO3/c1-16-23-17(13-22-20-7-5-6-8-21(20)25(28)30-24(16)22)14-27(15-29-23)19-11-9-18(10-12-19)26(2,3)4/h5-13H,14-15H2,1-4H3. The molecule has 0 fully saturated rings. The van der Waals surface area contributed by atoms with Crippen molar-refractivity contribution in [2.24, 2.45) is 0 Å². The van der Waals surface area contributed by atoms with E-state index < -0.39 is 0 Å². The van der Waals surface area contributed by atoms with Crippen molar-refractivity contribution in [2.75, 3.05) is 11.6 Å². The predicted molar refractivity (Wildman–Crippen MR) is 122 cm³/mol. The first-order valence-corrected chi connectivity index (χ1v) is 10.3. The van der Waals surface area contributed by atoms with Gasteiger partial charge < -0.3 is 14.1 Å². The molecule has 4 nitrogen and oxygen atoms in total. The molecule has 0 unspecified atom stereocenters. The third-order valence-corrected chi connectivity index (χ3v) is 5.99. The van der Waals surface area contributed by atoms with Crippen LogP contribution in [-0.2, 0) is 12.0 Å². The molecule has 0 radical (unpaired) electrons. The van der Waals surface area contributed by atoms with Gasteiger partial charge in [-0.1, -0.05) is 51.1 Å². The first-order chi connectivity index (χ1) is 14.3. The van der Waals surface area contributed by atoms with Crippen LogP contribution < -0.4 is 15.3 Å². The van der Waals surface area contributed by atoms with Gasteiger partial charge in [-0.2, -0.15) is 0 Å². The van der Waals surface area contributed by atoms with E-state index in [0.29, 0.717) is 17.7 Å². The lowest BCUT2D eigenvalue weighted by Gasteiger charge is -2.32. The van der Waals surface area contributed by atoms with Crippen LogP contribution in [0.2, 0.25) is 0 Å². The summed E-state index contributed by atoms with van der Waals surface area (Å²) in [7, 11) is 0. The second-order valence-electron chi connectivity index (χ2n) is 9.07. The molecule has 5 rings (SSSR count). The van der Waals surface area contributed by atoms with Crippen LogP contribution in [-0.4, -0.2) is 6.73 Å². The van der Waals surface area contributed by atoms with Crippen molar-refractivity contribution in [1.29, 1.82) is 0 Å². The average molecular weight is 399 g/mol. The molecule has 0 saturated carbocycles. The van der Waals surface area contributed by atoms with Gasteiger partial charge in [0.2, 0.25) is 0 Å². The Balaban J connectivity index is 1.59. The van der Waals surface area contributed by atoms with Gasteiger partial charge in [0, 0.05) is 28.7 Å². The first-order valence-electron chi connectivity index (χ1n) is 10.3.